The van der Waals surface area contributed by atoms with Crippen molar-refractivity contribution >= 4 is 29.1 Å². The Morgan fingerprint density at radius 1 is 1.43 bits per heavy atom. The maximum Gasteiger partial charge on any atom is 0.440 e. The molecule has 0 aliphatic rings. The lowest BCUT2D eigenvalue weighted by atomic mass is 10.1. The first-order chi connectivity index (χ1) is 9.80. The minimum absolute atomic E-state index is 0.0235. The summed E-state index contributed by atoms with van der Waals surface area (Å²) in [6.07, 6.45) is -3.23. The van der Waals surface area contributed by atoms with E-state index < -0.39 is 34.0 Å². The lowest BCUT2D eigenvalue weighted by molar-refractivity contribution is -0.388. The zero-order valence-electron chi connectivity index (χ0n) is 9.79. The Balaban J connectivity index is 2.48. The van der Waals surface area contributed by atoms with Gasteiger partial charge in [0.1, 0.15) is 5.56 Å². The normalized spacial score (nSPS) is 11.2. The Labute approximate surface area is 118 Å². The molecule has 1 N–H and O–H groups in total. The number of nitrogens with one attached hydrogen (secondary N) is 1. The quantitative estimate of drug-likeness (QED) is 0.685. The van der Waals surface area contributed by atoms with Crippen LogP contribution in [-0.4, -0.2) is 24.6 Å². The van der Waals surface area contributed by atoms with Gasteiger partial charge >= 0.3 is 11.9 Å². The molecule has 12 heteroatoms. The molecule has 2 aromatic rings. The van der Waals surface area contributed by atoms with Gasteiger partial charge in [-0.3, -0.25) is 14.9 Å². The molecule has 2 aromatic heterocycles. The van der Waals surface area contributed by atoms with Gasteiger partial charge in [-0.2, -0.15) is 21.9 Å². The predicted octanol–water partition coefficient (Wildman–Crippen LogP) is 2.11. The molecule has 1 amide bonds. The molecule has 2 heterocycles. The molecule has 0 aromatic carbocycles. The molecule has 0 saturated heterocycles. The van der Waals surface area contributed by atoms with Crippen molar-refractivity contribution in [1.82, 2.24) is 13.7 Å². The number of alkyl halides is 3. The lowest BCUT2D eigenvalue weighted by Gasteiger charge is -2.09. The van der Waals surface area contributed by atoms with E-state index in [0.29, 0.717) is 6.20 Å². The molecular formula is C9H4F3N5O3S. The summed E-state index contributed by atoms with van der Waals surface area (Å²) in [4.78, 5) is 24.3. The molecule has 2 rings (SSSR count). The zero-order chi connectivity index (χ0) is 15.6. The average molecular weight is 319 g/mol. The van der Waals surface area contributed by atoms with Crippen LogP contribution >= 0.6 is 11.7 Å². The fraction of sp³-hybridized carbons (Fsp3) is 0.111. The first-order valence-corrected chi connectivity index (χ1v) is 5.83. The van der Waals surface area contributed by atoms with E-state index in [1.165, 1.54) is 0 Å². The number of rotatable bonds is 3. The third kappa shape index (κ3) is 3.10. The lowest BCUT2D eigenvalue weighted by Crippen LogP contribution is -2.19. The van der Waals surface area contributed by atoms with E-state index in [0.717, 1.165) is 24.0 Å². The molecule has 0 radical (unpaired) electrons. The van der Waals surface area contributed by atoms with Crippen molar-refractivity contribution in [1.29, 1.82) is 0 Å². The number of carbonyl (C=O) groups is 1. The minimum Gasteiger partial charge on any atom is -0.304 e. The molecule has 0 bridgehead atoms. The number of halogens is 3. The monoisotopic (exact) mass is 319 g/mol. The number of hydrogen-bond donors (Lipinski definition) is 1. The highest BCUT2D eigenvalue weighted by Crippen LogP contribution is 2.36. The second kappa shape index (κ2) is 5.40. The van der Waals surface area contributed by atoms with Gasteiger partial charge in [0.25, 0.3) is 5.91 Å². The van der Waals surface area contributed by atoms with Crippen LogP contribution < -0.4 is 5.32 Å². The molecule has 110 valence electrons. The zero-order valence-corrected chi connectivity index (χ0v) is 10.6. The van der Waals surface area contributed by atoms with Crippen molar-refractivity contribution in [3.05, 3.63) is 39.8 Å². The van der Waals surface area contributed by atoms with Gasteiger partial charge in [0.2, 0.25) is 5.69 Å². The molecule has 0 spiro atoms. The van der Waals surface area contributed by atoms with Gasteiger partial charge in [0, 0.05) is 6.20 Å². The van der Waals surface area contributed by atoms with E-state index in [-0.39, 0.29) is 5.82 Å². The summed E-state index contributed by atoms with van der Waals surface area (Å²) in [5.74, 6) is -1.13. The maximum absolute atomic E-state index is 12.7. The first kappa shape index (κ1) is 14.8. The Kier molecular flexibility index (Phi) is 3.80. The van der Waals surface area contributed by atoms with Crippen LogP contribution in [0.15, 0.2) is 18.5 Å². The van der Waals surface area contributed by atoms with Crippen molar-refractivity contribution < 1.29 is 22.9 Å². The predicted molar refractivity (Wildman–Crippen MR) is 63.8 cm³/mol. The van der Waals surface area contributed by atoms with E-state index in [4.69, 9.17) is 0 Å². The van der Waals surface area contributed by atoms with E-state index in [1.807, 2.05) is 0 Å². The van der Waals surface area contributed by atoms with Crippen LogP contribution in [0.2, 0.25) is 0 Å². The number of hydrogen-bond acceptors (Lipinski definition) is 7. The van der Waals surface area contributed by atoms with Crippen molar-refractivity contribution in [3.8, 4) is 0 Å². The van der Waals surface area contributed by atoms with Crippen LogP contribution in [0.5, 0.6) is 0 Å². The summed E-state index contributed by atoms with van der Waals surface area (Å²) < 4.78 is 45.3. The van der Waals surface area contributed by atoms with Gasteiger partial charge in [0.15, 0.2) is 5.82 Å². The largest absolute Gasteiger partial charge is 0.440 e. The Morgan fingerprint density at radius 2 is 2.14 bits per heavy atom. The van der Waals surface area contributed by atoms with E-state index >= 15 is 0 Å². The number of aromatic nitrogens is 3. The topological polar surface area (TPSA) is 111 Å². The summed E-state index contributed by atoms with van der Waals surface area (Å²) in [5.41, 5.74) is -3.92. The number of nitrogens with zero attached hydrogens (tertiary/aromatic N) is 4. The van der Waals surface area contributed by atoms with Crippen LogP contribution in [0.3, 0.4) is 0 Å². The van der Waals surface area contributed by atoms with Crippen molar-refractivity contribution in [3.63, 3.8) is 0 Å². The van der Waals surface area contributed by atoms with E-state index in [1.54, 1.807) is 0 Å². The van der Waals surface area contributed by atoms with Gasteiger partial charge in [-0.1, -0.05) is 0 Å². The standard InChI is InChI=1S/C9H4F3N5O3S/c10-9(11,12)7-6(17(19)20)4(1-2-13-7)8(18)15-5-3-14-21-16-5/h1-3H,(H,15,16,18). The van der Waals surface area contributed by atoms with Gasteiger partial charge in [-0.05, 0) is 6.07 Å². The third-order valence-electron chi connectivity index (χ3n) is 2.22. The summed E-state index contributed by atoms with van der Waals surface area (Å²) in [7, 11) is 0. The van der Waals surface area contributed by atoms with E-state index in [9.17, 15) is 28.1 Å². The van der Waals surface area contributed by atoms with Crippen molar-refractivity contribution in [2.24, 2.45) is 0 Å². The van der Waals surface area contributed by atoms with Crippen LogP contribution in [0.4, 0.5) is 24.7 Å². The first-order valence-electron chi connectivity index (χ1n) is 5.10. The SMILES string of the molecule is O=C(Nc1cnsn1)c1ccnc(C(F)(F)F)c1[N+](=O)[O-]. The Hall–Kier alpha value is -2.63. The highest BCUT2D eigenvalue weighted by Gasteiger charge is 2.42. The minimum atomic E-state index is -5.05. The van der Waals surface area contributed by atoms with Gasteiger partial charge in [-0.15, -0.1) is 0 Å². The summed E-state index contributed by atoms with van der Waals surface area (Å²) >= 11 is 0.754. The molecule has 0 unspecified atom stereocenters. The molecule has 0 aliphatic heterocycles. The van der Waals surface area contributed by atoms with Crippen LogP contribution in [-0.2, 0) is 6.18 Å². The molecule has 0 aliphatic carbocycles. The Bertz CT molecular complexity index is 688. The number of pyridine rings is 1. The number of amides is 1. The van der Waals surface area contributed by atoms with Gasteiger partial charge in [-0.25, -0.2) is 4.98 Å². The number of anilines is 1. The van der Waals surface area contributed by atoms with Crippen LogP contribution in [0, 0.1) is 10.1 Å². The average Bonchev–Trinajstić information content (AvgIpc) is 2.89. The Morgan fingerprint density at radius 3 is 2.67 bits per heavy atom. The second-order valence-electron chi connectivity index (χ2n) is 3.56. The number of carbonyl (C=O) groups excluding carboxylic acids is 1. The highest BCUT2D eigenvalue weighted by atomic mass is 32.1. The van der Waals surface area contributed by atoms with E-state index in [2.05, 4.69) is 19.0 Å². The molecule has 0 saturated carbocycles. The number of nitro groups is 1. The molecule has 0 atom stereocenters. The fourth-order valence-electron chi connectivity index (χ4n) is 1.43. The van der Waals surface area contributed by atoms with Gasteiger partial charge in [0.05, 0.1) is 22.8 Å². The summed E-state index contributed by atoms with van der Waals surface area (Å²) in [5, 5.41) is 13.0. The van der Waals surface area contributed by atoms with Crippen LogP contribution in [0.25, 0.3) is 0 Å². The molecule has 0 fully saturated rings. The highest BCUT2D eigenvalue weighted by molar-refractivity contribution is 6.99. The van der Waals surface area contributed by atoms with Crippen molar-refractivity contribution in [2.45, 2.75) is 6.18 Å². The summed E-state index contributed by atoms with van der Waals surface area (Å²) in [6, 6.07) is 0.822. The summed E-state index contributed by atoms with van der Waals surface area (Å²) in [6.45, 7) is 0. The molecular weight excluding hydrogens is 315 g/mol. The third-order valence-corrected chi connectivity index (χ3v) is 2.70. The van der Waals surface area contributed by atoms with Gasteiger partial charge < -0.3 is 5.32 Å². The smallest absolute Gasteiger partial charge is 0.304 e. The fourth-order valence-corrected chi connectivity index (χ4v) is 1.81. The van der Waals surface area contributed by atoms with Crippen molar-refractivity contribution in [2.75, 3.05) is 5.32 Å². The molecule has 8 nitrogen and oxygen atoms in total. The second-order valence-corrected chi connectivity index (χ2v) is 4.11. The molecule has 21 heavy (non-hydrogen) atoms. The van der Waals surface area contributed by atoms with Crippen LogP contribution in [0.1, 0.15) is 16.1 Å². The maximum atomic E-state index is 12.7.